The summed E-state index contributed by atoms with van der Waals surface area (Å²) in [7, 11) is -7.17. The van der Waals surface area contributed by atoms with Gasteiger partial charge in [0.25, 0.3) is 0 Å². The van der Waals surface area contributed by atoms with Crippen molar-refractivity contribution in [2.24, 2.45) is 0 Å². The second-order valence-electron chi connectivity index (χ2n) is 5.89. The van der Waals surface area contributed by atoms with E-state index in [1.54, 1.807) is 42.5 Å². The second-order valence-corrected chi connectivity index (χ2v) is 11.0. The molecule has 1 unspecified atom stereocenters. The van der Waals surface area contributed by atoms with Gasteiger partial charge in [0.15, 0.2) is 9.84 Å². The summed E-state index contributed by atoms with van der Waals surface area (Å²) < 4.78 is 52.9. The molecule has 3 rings (SSSR count). The van der Waals surface area contributed by atoms with Crippen LogP contribution in [0.25, 0.3) is 0 Å². The van der Waals surface area contributed by atoms with Crippen LogP contribution in [-0.2, 0) is 19.9 Å². The smallest absolute Gasteiger partial charge is 0.228 e. The van der Waals surface area contributed by atoms with Crippen molar-refractivity contribution in [3.63, 3.8) is 0 Å². The number of hydrogen-bond acceptors (Lipinski definition) is 4. The predicted molar refractivity (Wildman–Crippen MR) is 100 cm³/mol. The van der Waals surface area contributed by atoms with E-state index in [4.69, 9.17) is 0 Å². The summed E-state index contributed by atoms with van der Waals surface area (Å²) in [4.78, 5) is 0.158. The average Bonchev–Trinajstić information content (AvgIpc) is 2.74. The van der Waals surface area contributed by atoms with Crippen molar-refractivity contribution in [2.75, 3.05) is 18.8 Å². The molecule has 0 aliphatic carbocycles. The lowest BCUT2D eigenvalue weighted by molar-refractivity contribution is 0.428. The van der Waals surface area contributed by atoms with Crippen molar-refractivity contribution in [1.29, 1.82) is 0 Å². The van der Waals surface area contributed by atoms with Crippen LogP contribution in [0.4, 0.5) is 0 Å². The number of nitrogens with zero attached hydrogens (tertiary/aromatic N) is 1. The van der Waals surface area contributed by atoms with E-state index in [-0.39, 0.29) is 30.2 Å². The second kappa shape index (κ2) is 7.19. The Kier molecular flexibility index (Phi) is 5.34. The van der Waals surface area contributed by atoms with Crippen LogP contribution in [0, 0.1) is 0 Å². The average molecular weight is 444 g/mol. The summed E-state index contributed by atoms with van der Waals surface area (Å²) in [6.45, 7) is 0.137. The van der Waals surface area contributed by atoms with E-state index in [1.807, 2.05) is 6.07 Å². The Morgan fingerprint density at radius 1 is 0.960 bits per heavy atom. The zero-order valence-electron chi connectivity index (χ0n) is 13.4. The number of hydrogen-bond donors (Lipinski definition) is 0. The fraction of sp³-hybridized carbons (Fsp3) is 0.294. The molecule has 1 aliphatic rings. The van der Waals surface area contributed by atoms with Crippen molar-refractivity contribution in [1.82, 2.24) is 4.31 Å². The fourth-order valence-corrected chi connectivity index (χ4v) is 7.33. The molecule has 0 saturated carbocycles. The van der Waals surface area contributed by atoms with E-state index >= 15 is 0 Å². The molecule has 1 saturated heterocycles. The molecule has 1 aliphatic heterocycles. The van der Waals surface area contributed by atoms with Crippen LogP contribution in [0.1, 0.15) is 17.2 Å². The highest BCUT2D eigenvalue weighted by Crippen LogP contribution is 2.32. The van der Waals surface area contributed by atoms with Gasteiger partial charge in [0.2, 0.25) is 10.0 Å². The minimum absolute atomic E-state index is 0.0324. The first-order chi connectivity index (χ1) is 11.8. The van der Waals surface area contributed by atoms with Gasteiger partial charge in [-0.25, -0.2) is 16.8 Å². The Morgan fingerprint density at radius 2 is 1.60 bits per heavy atom. The van der Waals surface area contributed by atoms with E-state index in [2.05, 4.69) is 15.9 Å². The van der Waals surface area contributed by atoms with Crippen LogP contribution >= 0.6 is 15.9 Å². The van der Waals surface area contributed by atoms with Crippen LogP contribution in [0.15, 0.2) is 64.0 Å². The first-order valence-corrected chi connectivity index (χ1v) is 11.8. The van der Waals surface area contributed by atoms with Crippen LogP contribution in [-0.4, -0.2) is 40.0 Å². The van der Waals surface area contributed by atoms with Crippen LogP contribution in [0.2, 0.25) is 0 Å². The standard InChI is InChI=1S/C17H18BrNO4S2/c18-15-8-4-5-9-17(15)25(22,23)19-11-10-16(24(20,21)13-12-19)14-6-2-1-3-7-14/h1-9,16H,10-13H2. The van der Waals surface area contributed by atoms with Crippen LogP contribution in [0.3, 0.4) is 0 Å². The van der Waals surface area contributed by atoms with Gasteiger partial charge < -0.3 is 0 Å². The third-order valence-corrected chi connectivity index (χ3v) is 9.36. The maximum atomic E-state index is 12.9. The van der Waals surface area contributed by atoms with Gasteiger partial charge >= 0.3 is 0 Å². The summed E-state index contributed by atoms with van der Waals surface area (Å²) in [5.41, 5.74) is 0.711. The molecule has 1 heterocycles. The summed E-state index contributed by atoms with van der Waals surface area (Å²) in [6.07, 6.45) is 0.246. The first-order valence-electron chi connectivity index (χ1n) is 7.83. The third kappa shape index (κ3) is 3.81. The maximum Gasteiger partial charge on any atom is 0.244 e. The van der Waals surface area contributed by atoms with Crippen molar-refractivity contribution < 1.29 is 16.8 Å². The minimum Gasteiger partial charge on any atom is -0.228 e. The Morgan fingerprint density at radius 3 is 2.28 bits per heavy atom. The molecule has 5 nitrogen and oxygen atoms in total. The predicted octanol–water partition coefficient (Wildman–Crippen LogP) is 3.00. The van der Waals surface area contributed by atoms with E-state index < -0.39 is 25.1 Å². The van der Waals surface area contributed by atoms with E-state index in [9.17, 15) is 16.8 Å². The molecular formula is C17H18BrNO4S2. The summed E-state index contributed by atoms with van der Waals surface area (Å²) >= 11 is 3.27. The van der Waals surface area contributed by atoms with Crippen molar-refractivity contribution in [2.45, 2.75) is 16.6 Å². The maximum absolute atomic E-state index is 12.9. The molecule has 25 heavy (non-hydrogen) atoms. The van der Waals surface area contributed by atoms with Crippen molar-refractivity contribution in [3.8, 4) is 0 Å². The monoisotopic (exact) mass is 443 g/mol. The lowest BCUT2D eigenvalue weighted by Gasteiger charge is -2.20. The summed E-state index contributed by atoms with van der Waals surface area (Å²) in [5, 5.41) is -0.673. The van der Waals surface area contributed by atoms with E-state index in [0.717, 1.165) is 0 Å². The highest BCUT2D eigenvalue weighted by atomic mass is 79.9. The zero-order chi connectivity index (χ0) is 18.1. The molecule has 0 bridgehead atoms. The molecule has 0 amide bonds. The number of benzene rings is 2. The van der Waals surface area contributed by atoms with Gasteiger partial charge in [-0.3, -0.25) is 0 Å². The highest BCUT2D eigenvalue weighted by molar-refractivity contribution is 9.10. The van der Waals surface area contributed by atoms with Gasteiger partial charge in [0.05, 0.1) is 15.9 Å². The lowest BCUT2D eigenvalue weighted by atomic mass is 10.1. The molecule has 2 aromatic carbocycles. The number of halogens is 1. The van der Waals surface area contributed by atoms with Gasteiger partial charge in [0.1, 0.15) is 0 Å². The topological polar surface area (TPSA) is 71.5 Å². The SMILES string of the molecule is O=S1(=O)CCN(S(=O)(=O)c2ccccc2Br)CCC1c1ccccc1. The van der Waals surface area contributed by atoms with Crippen LogP contribution < -0.4 is 0 Å². The van der Waals surface area contributed by atoms with Gasteiger partial charge in [-0.05, 0) is 40.0 Å². The number of sulfone groups is 1. The van der Waals surface area contributed by atoms with Gasteiger partial charge in [-0.2, -0.15) is 4.31 Å². The molecule has 1 atom stereocenters. The Labute approximate surface area is 156 Å². The quantitative estimate of drug-likeness (QED) is 0.730. The van der Waals surface area contributed by atoms with E-state index in [0.29, 0.717) is 10.0 Å². The molecular weight excluding hydrogens is 426 g/mol. The molecule has 2 aromatic rings. The van der Waals surface area contributed by atoms with Crippen molar-refractivity contribution in [3.05, 3.63) is 64.6 Å². The molecule has 0 spiro atoms. The number of sulfonamides is 1. The normalized spacial score (nSPS) is 21.6. The summed E-state index contributed by atoms with van der Waals surface area (Å²) in [5.74, 6) is -0.184. The Bertz CT molecular complexity index is 959. The molecule has 0 radical (unpaired) electrons. The lowest BCUT2D eigenvalue weighted by Crippen LogP contribution is -2.33. The fourth-order valence-electron chi connectivity index (χ4n) is 3.00. The minimum atomic E-state index is -3.75. The zero-order valence-corrected chi connectivity index (χ0v) is 16.6. The largest absolute Gasteiger partial charge is 0.244 e. The van der Waals surface area contributed by atoms with Gasteiger partial charge in [-0.15, -0.1) is 0 Å². The Balaban J connectivity index is 1.92. The molecule has 8 heteroatoms. The molecule has 0 aromatic heterocycles. The van der Waals surface area contributed by atoms with Crippen LogP contribution in [0.5, 0.6) is 0 Å². The van der Waals surface area contributed by atoms with Gasteiger partial charge in [-0.1, -0.05) is 42.5 Å². The third-order valence-electron chi connectivity index (χ3n) is 4.33. The number of rotatable bonds is 3. The summed E-state index contributed by atoms with van der Waals surface area (Å²) in [6, 6.07) is 15.6. The Hall–Kier alpha value is -1.22. The van der Waals surface area contributed by atoms with E-state index in [1.165, 1.54) is 10.4 Å². The van der Waals surface area contributed by atoms with Gasteiger partial charge in [0, 0.05) is 17.6 Å². The highest BCUT2D eigenvalue weighted by Gasteiger charge is 2.36. The molecule has 0 N–H and O–H groups in total. The first kappa shape index (κ1) is 18.6. The molecule has 1 fully saturated rings. The van der Waals surface area contributed by atoms with Crippen molar-refractivity contribution >= 4 is 35.8 Å². The molecule has 134 valence electrons.